The van der Waals surface area contributed by atoms with Crippen molar-refractivity contribution in [1.82, 2.24) is 4.90 Å². The minimum absolute atomic E-state index is 0.436. The third-order valence-corrected chi connectivity index (χ3v) is 6.96. The molecule has 0 bridgehead atoms. The Labute approximate surface area is 183 Å². The van der Waals surface area contributed by atoms with Gasteiger partial charge < -0.3 is 4.90 Å². The summed E-state index contributed by atoms with van der Waals surface area (Å²) in [5.41, 5.74) is 9.83. The summed E-state index contributed by atoms with van der Waals surface area (Å²) in [7, 11) is 0. The lowest BCUT2D eigenvalue weighted by atomic mass is 9.86. The van der Waals surface area contributed by atoms with Crippen LogP contribution in [0.2, 0.25) is 0 Å². The topological polar surface area (TPSA) is 3.24 Å². The van der Waals surface area contributed by atoms with Gasteiger partial charge in [-0.1, -0.05) is 80.2 Å². The van der Waals surface area contributed by atoms with Crippen molar-refractivity contribution >= 4 is 17.6 Å². The minimum Gasteiger partial charge on any atom is -0.367 e. The molecule has 0 saturated carbocycles. The summed E-state index contributed by atoms with van der Waals surface area (Å²) in [4.78, 5) is 2.57. The van der Waals surface area contributed by atoms with Crippen molar-refractivity contribution in [2.45, 2.75) is 53.4 Å². The van der Waals surface area contributed by atoms with Crippen molar-refractivity contribution in [1.29, 1.82) is 0 Å². The fourth-order valence-corrected chi connectivity index (χ4v) is 5.17. The molecule has 3 aliphatic rings. The van der Waals surface area contributed by atoms with E-state index in [1.165, 1.54) is 33.6 Å². The Hall–Kier alpha value is -1.93. The molecule has 1 heterocycles. The maximum Gasteiger partial charge on any atom is 0.0429 e. The monoisotopic (exact) mass is 405 g/mol. The molecule has 2 unspecified atom stereocenters. The molecule has 0 N–H and O–H groups in total. The fourth-order valence-electron chi connectivity index (χ4n) is 4.85. The molecule has 1 nitrogen and oxygen atoms in total. The van der Waals surface area contributed by atoms with E-state index in [1.807, 2.05) is 5.37 Å². The zero-order valence-electron chi connectivity index (χ0n) is 18.5. The number of rotatable bonds is 5. The molecule has 2 aliphatic carbocycles. The standard InChI is InChI=1S/C27H35NS/c1-6-22(11-12-23-10-8-9-19(23)3)27(7-2)28-14-13-26-21(5)16-25(18-29)20(4)15-24(26)17-28/h7-8,10-12,15,18,21,25H,3,6,9,13-14,16-17H2,1-2,4-5H3/b22-11+,23-12-,27-7-. The maximum atomic E-state index is 5.32. The number of nitrogens with zero attached hydrogens (tertiary/aromatic N) is 1. The van der Waals surface area contributed by atoms with Gasteiger partial charge in [0.2, 0.25) is 0 Å². The highest BCUT2D eigenvalue weighted by Gasteiger charge is 2.27. The average Bonchev–Trinajstić information content (AvgIpc) is 3.08. The van der Waals surface area contributed by atoms with Crippen molar-refractivity contribution in [3.05, 3.63) is 82.2 Å². The Morgan fingerprint density at radius 2 is 2.17 bits per heavy atom. The molecule has 0 aromatic rings. The van der Waals surface area contributed by atoms with Crippen molar-refractivity contribution in [2.75, 3.05) is 13.1 Å². The minimum atomic E-state index is 0.436. The number of thiocarbonyl (C=S) groups is 1. The second-order valence-corrected chi connectivity index (χ2v) is 8.81. The van der Waals surface area contributed by atoms with Gasteiger partial charge in [-0.25, -0.2) is 0 Å². The molecule has 0 fully saturated rings. The number of allylic oxidation sites excluding steroid dienone is 9. The van der Waals surface area contributed by atoms with Crippen molar-refractivity contribution in [3.8, 4) is 0 Å². The highest BCUT2D eigenvalue weighted by Crippen LogP contribution is 2.37. The maximum absolute atomic E-state index is 5.32. The van der Waals surface area contributed by atoms with Gasteiger partial charge in [0, 0.05) is 24.7 Å². The van der Waals surface area contributed by atoms with Crippen LogP contribution in [0.1, 0.15) is 53.4 Å². The van der Waals surface area contributed by atoms with Crippen LogP contribution in [0.5, 0.6) is 0 Å². The summed E-state index contributed by atoms with van der Waals surface area (Å²) >= 11 is 5.32. The van der Waals surface area contributed by atoms with Crippen LogP contribution in [0, 0.1) is 11.8 Å². The van der Waals surface area contributed by atoms with E-state index in [4.69, 9.17) is 12.2 Å². The second-order valence-electron chi connectivity index (χ2n) is 8.54. The largest absolute Gasteiger partial charge is 0.367 e. The Morgan fingerprint density at radius 1 is 1.38 bits per heavy atom. The third kappa shape index (κ3) is 4.80. The van der Waals surface area contributed by atoms with Crippen LogP contribution in [0.25, 0.3) is 0 Å². The molecular formula is C27H35NS. The zero-order valence-corrected chi connectivity index (χ0v) is 19.3. The Balaban J connectivity index is 1.86. The van der Waals surface area contributed by atoms with Gasteiger partial charge in [-0.3, -0.25) is 0 Å². The molecule has 2 heteroatoms. The first-order chi connectivity index (χ1) is 14.0. The molecule has 0 saturated heterocycles. The third-order valence-electron chi connectivity index (χ3n) is 6.64. The van der Waals surface area contributed by atoms with Gasteiger partial charge in [-0.15, -0.1) is 0 Å². The molecule has 3 rings (SSSR count). The van der Waals surface area contributed by atoms with E-state index in [-0.39, 0.29) is 0 Å². The Morgan fingerprint density at radius 3 is 2.79 bits per heavy atom. The molecule has 0 spiro atoms. The Kier molecular flexibility index (Phi) is 7.29. The molecule has 2 atom stereocenters. The zero-order chi connectivity index (χ0) is 21.0. The molecule has 1 aliphatic heterocycles. The molecular weight excluding hydrogens is 370 g/mol. The van der Waals surface area contributed by atoms with Crippen LogP contribution < -0.4 is 0 Å². The summed E-state index contributed by atoms with van der Waals surface area (Å²) in [6, 6.07) is 0. The van der Waals surface area contributed by atoms with Crippen molar-refractivity contribution < 1.29 is 0 Å². The van der Waals surface area contributed by atoms with Gasteiger partial charge in [-0.2, -0.15) is 0 Å². The molecule has 0 aromatic carbocycles. The van der Waals surface area contributed by atoms with Gasteiger partial charge in [0.1, 0.15) is 0 Å². The van der Waals surface area contributed by atoms with Crippen LogP contribution in [0.4, 0.5) is 0 Å². The van der Waals surface area contributed by atoms with Crippen LogP contribution in [-0.4, -0.2) is 23.4 Å². The highest BCUT2D eigenvalue weighted by atomic mass is 32.1. The molecule has 0 aromatic heterocycles. The summed E-state index contributed by atoms with van der Waals surface area (Å²) < 4.78 is 0. The predicted molar refractivity (Wildman–Crippen MR) is 131 cm³/mol. The van der Waals surface area contributed by atoms with Crippen LogP contribution >= 0.6 is 12.2 Å². The quantitative estimate of drug-likeness (QED) is 0.349. The van der Waals surface area contributed by atoms with Gasteiger partial charge in [0.25, 0.3) is 0 Å². The smallest absolute Gasteiger partial charge is 0.0429 e. The summed E-state index contributed by atoms with van der Waals surface area (Å²) in [5.74, 6) is 1.05. The summed E-state index contributed by atoms with van der Waals surface area (Å²) in [6.45, 7) is 15.3. The molecule has 0 amide bonds. The van der Waals surface area contributed by atoms with E-state index >= 15 is 0 Å². The van der Waals surface area contributed by atoms with E-state index in [9.17, 15) is 0 Å². The fraction of sp³-hybridized carbons (Fsp3) is 0.444. The van der Waals surface area contributed by atoms with Crippen LogP contribution in [0.3, 0.4) is 0 Å². The first-order valence-corrected chi connectivity index (χ1v) is 11.5. The van der Waals surface area contributed by atoms with E-state index < -0.39 is 0 Å². The van der Waals surface area contributed by atoms with E-state index in [2.05, 4.69) is 75.6 Å². The number of hydrogen-bond donors (Lipinski definition) is 0. The summed E-state index contributed by atoms with van der Waals surface area (Å²) in [6.07, 6.45) is 18.0. The predicted octanol–water partition coefficient (Wildman–Crippen LogP) is 7.27. The first kappa shape index (κ1) is 21.8. The SMILES string of the molecule is C=C1CC=C/C1=C/C=C(CC)/C(=C/C)N1CCC2=C(C=C(C)C(C=S)CC2C)C1. The lowest BCUT2D eigenvalue weighted by Crippen LogP contribution is -2.32. The lowest BCUT2D eigenvalue weighted by molar-refractivity contribution is 0.351. The first-order valence-electron chi connectivity index (χ1n) is 11.0. The van der Waals surface area contributed by atoms with Gasteiger partial charge in [-0.05, 0) is 73.1 Å². The van der Waals surface area contributed by atoms with E-state index in [0.29, 0.717) is 11.8 Å². The van der Waals surface area contributed by atoms with Gasteiger partial charge in [0.05, 0.1) is 0 Å². The lowest BCUT2D eigenvalue weighted by Gasteiger charge is -2.35. The Bertz CT molecular complexity index is 859. The molecule has 0 radical (unpaired) electrons. The van der Waals surface area contributed by atoms with Crippen molar-refractivity contribution in [2.24, 2.45) is 11.8 Å². The molecule has 154 valence electrons. The average molecular weight is 406 g/mol. The highest BCUT2D eigenvalue weighted by molar-refractivity contribution is 7.79. The van der Waals surface area contributed by atoms with Gasteiger partial charge >= 0.3 is 0 Å². The van der Waals surface area contributed by atoms with E-state index in [0.717, 1.165) is 38.8 Å². The van der Waals surface area contributed by atoms with Crippen LogP contribution in [0.15, 0.2) is 82.2 Å². The normalized spacial score (nSPS) is 27.3. The molecule has 29 heavy (non-hydrogen) atoms. The van der Waals surface area contributed by atoms with Gasteiger partial charge in [0.15, 0.2) is 0 Å². The van der Waals surface area contributed by atoms with Crippen molar-refractivity contribution in [3.63, 3.8) is 0 Å². The van der Waals surface area contributed by atoms with Crippen LogP contribution in [-0.2, 0) is 0 Å². The van der Waals surface area contributed by atoms with E-state index in [1.54, 1.807) is 5.57 Å². The summed E-state index contributed by atoms with van der Waals surface area (Å²) in [5, 5.41) is 1.96. The second kappa shape index (κ2) is 9.71. The number of hydrogen-bond acceptors (Lipinski definition) is 2.